The summed E-state index contributed by atoms with van der Waals surface area (Å²) in [5, 5.41) is 7.78. The average molecular weight is 215 g/mol. The van der Waals surface area contributed by atoms with Crippen LogP contribution in [-0.2, 0) is 6.54 Å². The molecule has 1 nitrogen and oxygen atoms in total. The monoisotopic (exact) mass is 215 g/mol. The molecule has 0 bridgehead atoms. The van der Waals surface area contributed by atoms with Gasteiger partial charge in [-0.05, 0) is 42.5 Å². The van der Waals surface area contributed by atoms with Gasteiger partial charge in [0.1, 0.15) is 0 Å². The van der Waals surface area contributed by atoms with E-state index in [9.17, 15) is 0 Å². The molecule has 0 spiro atoms. The van der Waals surface area contributed by atoms with Crippen LogP contribution in [0.15, 0.2) is 16.8 Å². The van der Waals surface area contributed by atoms with E-state index in [0.717, 1.165) is 13.1 Å². The van der Waals surface area contributed by atoms with E-state index in [0.29, 0.717) is 4.75 Å². The lowest BCUT2D eigenvalue weighted by molar-refractivity contribution is 0.591. The summed E-state index contributed by atoms with van der Waals surface area (Å²) in [6.45, 7) is 6.58. The Morgan fingerprint density at radius 2 is 2.31 bits per heavy atom. The molecule has 0 saturated heterocycles. The molecule has 0 atom stereocenters. The maximum atomic E-state index is 3.46. The molecule has 1 aromatic rings. The summed E-state index contributed by atoms with van der Waals surface area (Å²) in [4.78, 5) is 0. The van der Waals surface area contributed by atoms with E-state index in [-0.39, 0.29) is 0 Å². The van der Waals surface area contributed by atoms with Gasteiger partial charge in [0.15, 0.2) is 0 Å². The minimum Gasteiger partial charge on any atom is -0.311 e. The highest BCUT2D eigenvalue weighted by Crippen LogP contribution is 2.19. The number of hydrogen-bond acceptors (Lipinski definition) is 3. The van der Waals surface area contributed by atoms with Crippen molar-refractivity contribution in [2.24, 2.45) is 0 Å². The van der Waals surface area contributed by atoms with E-state index < -0.39 is 0 Å². The first kappa shape index (κ1) is 11.1. The van der Waals surface area contributed by atoms with Gasteiger partial charge in [-0.3, -0.25) is 0 Å². The number of nitrogens with one attached hydrogen (secondary N) is 1. The number of thiophene rings is 1. The molecule has 1 N–H and O–H groups in total. The molecule has 0 saturated carbocycles. The van der Waals surface area contributed by atoms with E-state index >= 15 is 0 Å². The van der Waals surface area contributed by atoms with E-state index in [1.807, 2.05) is 11.8 Å². The standard InChI is InChI=1S/C10H17NS2/c1-10(2,12-3)8-11-6-9-4-5-13-7-9/h4-5,7,11H,6,8H2,1-3H3. The maximum Gasteiger partial charge on any atom is 0.0225 e. The molecule has 1 heterocycles. The Balaban J connectivity index is 2.21. The minimum absolute atomic E-state index is 0.343. The Morgan fingerprint density at radius 3 is 2.85 bits per heavy atom. The Labute approximate surface area is 88.9 Å². The summed E-state index contributed by atoms with van der Waals surface area (Å²) < 4.78 is 0.343. The van der Waals surface area contributed by atoms with E-state index in [1.165, 1.54) is 5.56 Å². The van der Waals surface area contributed by atoms with Crippen molar-refractivity contribution in [2.75, 3.05) is 12.8 Å². The molecule has 3 heteroatoms. The van der Waals surface area contributed by atoms with Gasteiger partial charge in [-0.25, -0.2) is 0 Å². The van der Waals surface area contributed by atoms with Crippen LogP contribution < -0.4 is 5.32 Å². The summed E-state index contributed by atoms with van der Waals surface area (Å²) in [7, 11) is 0. The van der Waals surface area contributed by atoms with E-state index in [1.54, 1.807) is 11.3 Å². The van der Waals surface area contributed by atoms with Gasteiger partial charge in [-0.2, -0.15) is 23.1 Å². The molecule has 74 valence electrons. The summed E-state index contributed by atoms with van der Waals surface area (Å²) in [5.41, 5.74) is 1.39. The molecule has 0 aliphatic carbocycles. The third-order valence-electron chi connectivity index (χ3n) is 2.01. The third-order valence-corrected chi connectivity index (χ3v) is 3.99. The van der Waals surface area contributed by atoms with Crippen LogP contribution in [0.5, 0.6) is 0 Å². The fourth-order valence-electron chi connectivity index (χ4n) is 0.973. The van der Waals surface area contributed by atoms with Crippen molar-refractivity contribution in [1.82, 2.24) is 5.32 Å². The average Bonchev–Trinajstić information content (AvgIpc) is 2.57. The molecule has 13 heavy (non-hydrogen) atoms. The molecule has 0 unspecified atom stereocenters. The van der Waals surface area contributed by atoms with Crippen LogP contribution in [0.1, 0.15) is 19.4 Å². The van der Waals surface area contributed by atoms with Crippen molar-refractivity contribution in [3.05, 3.63) is 22.4 Å². The van der Waals surface area contributed by atoms with Crippen LogP contribution in [0.4, 0.5) is 0 Å². The second-order valence-electron chi connectivity index (χ2n) is 3.70. The van der Waals surface area contributed by atoms with Crippen LogP contribution in [0.25, 0.3) is 0 Å². The third kappa shape index (κ3) is 4.16. The molecule has 0 aliphatic rings. The summed E-state index contributed by atoms with van der Waals surface area (Å²) in [6.07, 6.45) is 2.16. The quantitative estimate of drug-likeness (QED) is 0.810. The first-order valence-corrected chi connectivity index (χ1v) is 6.58. The Morgan fingerprint density at radius 1 is 1.54 bits per heavy atom. The molecular formula is C10H17NS2. The number of thioether (sulfide) groups is 1. The normalized spacial score (nSPS) is 11.9. The molecular weight excluding hydrogens is 198 g/mol. The zero-order valence-corrected chi connectivity index (χ0v) is 10.1. The van der Waals surface area contributed by atoms with Crippen LogP contribution in [-0.4, -0.2) is 17.5 Å². The molecule has 0 aromatic carbocycles. The summed E-state index contributed by atoms with van der Waals surface area (Å²) in [6, 6.07) is 2.17. The van der Waals surface area contributed by atoms with Gasteiger partial charge in [0.2, 0.25) is 0 Å². The molecule has 0 fully saturated rings. The highest BCUT2D eigenvalue weighted by atomic mass is 32.2. The number of rotatable bonds is 5. The Kier molecular flexibility index (Phi) is 4.29. The first-order chi connectivity index (χ1) is 6.14. The van der Waals surface area contributed by atoms with Gasteiger partial charge in [-0.15, -0.1) is 0 Å². The van der Waals surface area contributed by atoms with Crippen molar-refractivity contribution >= 4 is 23.1 Å². The zero-order valence-electron chi connectivity index (χ0n) is 8.46. The van der Waals surface area contributed by atoms with Gasteiger partial charge in [0.05, 0.1) is 0 Å². The zero-order chi connectivity index (χ0) is 9.73. The first-order valence-electron chi connectivity index (χ1n) is 4.41. The predicted octanol–water partition coefficient (Wildman–Crippen LogP) is 2.98. The second kappa shape index (κ2) is 5.03. The smallest absolute Gasteiger partial charge is 0.0225 e. The fourth-order valence-corrected chi connectivity index (χ4v) is 1.89. The van der Waals surface area contributed by atoms with E-state index in [2.05, 4.69) is 42.2 Å². The molecule has 0 radical (unpaired) electrons. The van der Waals surface area contributed by atoms with Gasteiger partial charge < -0.3 is 5.32 Å². The largest absolute Gasteiger partial charge is 0.311 e. The Bertz CT molecular complexity index is 229. The predicted molar refractivity (Wildman–Crippen MR) is 63.6 cm³/mol. The number of hydrogen-bond donors (Lipinski definition) is 1. The van der Waals surface area contributed by atoms with Crippen LogP contribution in [0.2, 0.25) is 0 Å². The van der Waals surface area contributed by atoms with Crippen LogP contribution in [0, 0.1) is 0 Å². The molecule has 0 amide bonds. The maximum absolute atomic E-state index is 3.46. The van der Waals surface area contributed by atoms with Gasteiger partial charge in [0.25, 0.3) is 0 Å². The lowest BCUT2D eigenvalue weighted by Gasteiger charge is -2.22. The van der Waals surface area contributed by atoms with E-state index in [4.69, 9.17) is 0 Å². The lowest BCUT2D eigenvalue weighted by Crippen LogP contribution is -2.31. The van der Waals surface area contributed by atoms with Crippen molar-refractivity contribution in [3.63, 3.8) is 0 Å². The lowest BCUT2D eigenvalue weighted by atomic mass is 10.2. The van der Waals surface area contributed by atoms with Gasteiger partial charge in [-0.1, -0.05) is 0 Å². The van der Waals surface area contributed by atoms with Crippen molar-refractivity contribution in [2.45, 2.75) is 25.1 Å². The molecule has 1 rings (SSSR count). The Hall–Kier alpha value is 0.01000. The van der Waals surface area contributed by atoms with Crippen molar-refractivity contribution in [3.8, 4) is 0 Å². The molecule has 0 aliphatic heterocycles. The highest BCUT2D eigenvalue weighted by Gasteiger charge is 2.14. The SMILES string of the molecule is CSC(C)(C)CNCc1ccsc1. The second-order valence-corrected chi connectivity index (χ2v) is 5.99. The van der Waals surface area contributed by atoms with Crippen molar-refractivity contribution < 1.29 is 0 Å². The summed E-state index contributed by atoms with van der Waals surface area (Å²) >= 11 is 3.66. The summed E-state index contributed by atoms with van der Waals surface area (Å²) in [5.74, 6) is 0. The van der Waals surface area contributed by atoms with Crippen molar-refractivity contribution in [1.29, 1.82) is 0 Å². The van der Waals surface area contributed by atoms with Crippen LogP contribution in [0.3, 0.4) is 0 Å². The topological polar surface area (TPSA) is 12.0 Å². The van der Waals surface area contributed by atoms with Crippen LogP contribution >= 0.6 is 23.1 Å². The highest BCUT2D eigenvalue weighted by molar-refractivity contribution is 7.99. The van der Waals surface area contributed by atoms with Gasteiger partial charge in [0, 0.05) is 17.8 Å². The minimum atomic E-state index is 0.343. The van der Waals surface area contributed by atoms with Gasteiger partial charge >= 0.3 is 0 Å². The fraction of sp³-hybridized carbons (Fsp3) is 0.600. The molecule has 1 aromatic heterocycles.